The van der Waals surface area contributed by atoms with Gasteiger partial charge in [0.1, 0.15) is 12.4 Å². The molecule has 1 aromatic heterocycles. The van der Waals surface area contributed by atoms with Gasteiger partial charge in [0, 0.05) is 19.2 Å². The molecule has 0 atom stereocenters. The lowest BCUT2D eigenvalue weighted by Crippen LogP contribution is -2.27. The van der Waals surface area contributed by atoms with Gasteiger partial charge in [-0.1, -0.05) is 78.9 Å². The molecule has 0 radical (unpaired) electrons. The molecule has 4 aromatic rings. The van der Waals surface area contributed by atoms with Crippen LogP contribution in [-0.4, -0.2) is 18.4 Å². The van der Waals surface area contributed by atoms with Gasteiger partial charge in [-0.15, -0.1) is 6.58 Å². The molecule has 0 bridgehead atoms. The summed E-state index contributed by atoms with van der Waals surface area (Å²) in [5.74, 6) is 0.969. The fourth-order valence-corrected chi connectivity index (χ4v) is 3.74. The monoisotopic (exact) mass is 482 g/mol. The van der Waals surface area contributed by atoms with E-state index in [0.29, 0.717) is 18.8 Å². The smallest absolute Gasteiger partial charge is 0.223 e. The Morgan fingerprint density at radius 3 is 2.17 bits per heavy atom. The summed E-state index contributed by atoms with van der Waals surface area (Å²) < 4.78 is 12.8. The van der Waals surface area contributed by atoms with Crippen LogP contribution in [0.25, 0.3) is 0 Å². The normalized spacial score (nSPS) is 10.7. The van der Waals surface area contributed by atoms with Crippen molar-refractivity contribution in [3.63, 3.8) is 0 Å². The minimum absolute atomic E-state index is 0.207. The molecule has 0 fully saturated rings. The van der Waals surface area contributed by atoms with E-state index in [0.717, 1.165) is 22.4 Å². The number of nitrogens with zero attached hydrogens (tertiary/aromatic N) is 1. The van der Waals surface area contributed by atoms with Crippen molar-refractivity contribution in [1.82, 2.24) is 10.0 Å². The Morgan fingerprint density at radius 2 is 1.58 bits per heavy atom. The lowest BCUT2D eigenvalue weighted by molar-refractivity contribution is 0.0515. The van der Waals surface area contributed by atoms with Crippen molar-refractivity contribution in [3.05, 3.63) is 142 Å². The predicted molar refractivity (Wildman–Crippen MR) is 141 cm³/mol. The Labute approximate surface area is 211 Å². The molecule has 0 unspecified atom stereocenters. The van der Waals surface area contributed by atoms with Crippen molar-refractivity contribution < 1.29 is 14.3 Å². The molecule has 0 spiro atoms. The zero-order valence-electron chi connectivity index (χ0n) is 20.3. The number of nitrogens with one attached hydrogen (secondary N) is 1. The summed E-state index contributed by atoms with van der Waals surface area (Å²) in [6, 6.07) is 29.1. The van der Waals surface area contributed by atoms with E-state index in [1.807, 2.05) is 84.9 Å². The fourth-order valence-electron chi connectivity index (χ4n) is 3.74. The molecule has 1 N–H and O–H groups in total. The summed E-state index contributed by atoms with van der Waals surface area (Å²) in [6.07, 6.45) is 3.00. The molecular formula is C30H30N2O4. The summed E-state index contributed by atoms with van der Waals surface area (Å²) in [6.45, 7) is 5.02. The molecule has 0 amide bonds. The Bertz CT molecular complexity index is 1260. The van der Waals surface area contributed by atoms with Gasteiger partial charge in [-0.05, 0) is 28.8 Å². The zero-order valence-corrected chi connectivity index (χ0v) is 20.3. The third-order valence-electron chi connectivity index (χ3n) is 5.63. The molecule has 1 heterocycles. The lowest BCUT2D eigenvalue weighted by atomic mass is 10.0. The van der Waals surface area contributed by atoms with Crippen molar-refractivity contribution in [2.75, 3.05) is 13.7 Å². The maximum absolute atomic E-state index is 12.9. The first kappa shape index (κ1) is 24.8. The number of hydrogen-bond acceptors (Lipinski definition) is 5. The Morgan fingerprint density at radius 1 is 0.944 bits per heavy atom. The average molecular weight is 483 g/mol. The van der Waals surface area contributed by atoms with Gasteiger partial charge in [0.05, 0.1) is 19.0 Å². The molecule has 0 aliphatic heterocycles. The number of methoxy groups -OCH3 is 1. The SMILES string of the molecule is C=CCNCc1cc(=O)c(OCc2ccc(OC)cc2)cn1OC(c1ccccc1)c1ccccc1. The highest BCUT2D eigenvalue weighted by molar-refractivity contribution is 5.31. The van der Waals surface area contributed by atoms with Crippen LogP contribution in [0.1, 0.15) is 28.5 Å². The van der Waals surface area contributed by atoms with Crippen LogP contribution in [0.2, 0.25) is 0 Å². The standard InChI is InChI=1S/C30H30N2O4/c1-3-18-31-20-26-19-28(33)29(35-22-23-14-16-27(34-2)17-15-23)21-32(26)36-30(24-10-6-4-7-11-24)25-12-8-5-9-13-25/h3-17,19,21,30-31H,1,18,20,22H2,2H3. The summed E-state index contributed by atoms with van der Waals surface area (Å²) in [5, 5.41) is 3.25. The van der Waals surface area contributed by atoms with Crippen LogP contribution in [0.3, 0.4) is 0 Å². The topological polar surface area (TPSA) is 61.7 Å². The van der Waals surface area contributed by atoms with Crippen molar-refractivity contribution >= 4 is 0 Å². The van der Waals surface area contributed by atoms with Gasteiger partial charge in [0.2, 0.25) is 5.43 Å². The van der Waals surface area contributed by atoms with E-state index in [1.165, 1.54) is 0 Å². The van der Waals surface area contributed by atoms with Crippen molar-refractivity contribution in [3.8, 4) is 11.5 Å². The summed E-state index contributed by atoms with van der Waals surface area (Å²) in [7, 11) is 1.62. The number of benzene rings is 3. The van der Waals surface area contributed by atoms with Crippen molar-refractivity contribution in [1.29, 1.82) is 0 Å². The highest BCUT2D eigenvalue weighted by Gasteiger charge is 2.19. The second kappa shape index (κ2) is 12.4. The number of aromatic nitrogens is 1. The Kier molecular flexibility index (Phi) is 8.57. The molecule has 0 saturated carbocycles. The van der Waals surface area contributed by atoms with Crippen molar-refractivity contribution in [2.24, 2.45) is 0 Å². The first-order valence-corrected chi connectivity index (χ1v) is 11.8. The van der Waals surface area contributed by atoms with E-state index in [4.69, 9.17) is 14.3 Å². The van der Waals surface area contributed by atoms with E-state index in [-0.39, 0.29) is 23.9 Å². The van der Waals surface area contributed by atoms with Gasteiger partial charge >= 0.3 is 0 Å². The molecule has 6 heteroatoms. The van der Waals surface area contributed by atoms with Crippen LogP contribution >= 0.6 is 0 Å². The zero-order chi connectivity index (χ0) is 25.2. The fraction of sp³-hybridized carbons (Fsp3) is 0.167. The van der Waals surface area contributed by atoms with Crippen LogP contribution in [0.15, 0.2) is 115 Å². The number of hydrogen-bond donors (Lipinski definition) is 1. The van der Waals surface area contributed by atoms with Gasteiger partial charge in [-0.2, -0.15) is 4.73 Å². The van der Waals surface area contributed by atoms with Gasteiger partial charge in [0.25, 0.3) is 0 Å². The molecule has 3 aromatic carbocycles. The number of rotatable bonds is 12. The molecule has 0 aliphatic carbocycles. The van der Waals surface area contributed by atoms with Gasteiger partial charge in [-0.25, -0.2) is 0 Å². The maximum Gasteiger partial charge on any atom is 0.223 e. The van der Waals surface area contributed by atoms with E-state index in [2.05, 4.69) is 11.9 Å². The summed E-state index contributed by atoms with van der Waals surface area (Å²) in [4.78, 5) is 19.5. The van der Waals surface area contributed by atoms with Crippen molar-refractivity contribution in [2.45, 2.75) is 19.3 Å². The van der Waals surface area contributed by atoms with E-state index < -0.39 is 0 Å². The maximum atomic E-state index is 12.9. The highest BCUT2D eigenvalue weighted by atomic mass is 16.7. The van der Waals surface area contributed by atoms with Gasteiger partial charge < -0.3 is 19.6 Å². The summed E-state index contributed by atoms with van der Waals surface area (Å²) >= 11 is 0. The summed E-state index contributed by atoms with van der Waals surface area (Å²) in [5.41, 5.74) is 3.37. The first-order chi connectivity index (χ1) is 17.7. The highest BCUT2D eigenvalue weighted by Crippen LogP contribution is 2.24. The minimum Gasteiger partial charge on any atom is -0.497 e. The van der Waals surface area contributed by atoms with E-state index in [9.17, 15) is 4.79 Å². The molecule has 0 saturated heterocycles. The van der Waals surface area contributed by atoms with Crippen LogP contribution in [0.4, 0.5) is 0 Å². The molecule has 0 aliphatic rings. The van der Waals surface area contributed by atoms with Crippen LogP contribution in [-0.2, 0) is 13.2 Å². The predicted octanol–water partition coefficient (Wildman–Crippen LogP) is 4.93. The molecular weight excluding hydrogens is 452 g/mol. The first-order valence-electron chi connectivity index (χ1n) is 11.8. The largest absolute Gasteiger partial charge is 0.497 e. The van der Waals surface area contributed by atoms with Crippen LogP contribution in [0.5, 0.6) is 11.5 Å². The number of ether oxygens (including phenoxy) is 2. The third-order valence-corrected chi connectivity index (χ3v) is 5.63. The Hall–Kier alpha value is -4.29. The average Bonchev–Trinajstić information content (AvgIpc) is 2.93. The second-order valence-electron chi connectivity index (χ2n) is 8.18. The van der Waals surface area contributed by atoms with E-state index in [1.54, 1.807) is 30.2 Å². The molecule has 36 heavy (non-hydrogen) atoms. The Balaban J connectivity index is 1.66. The number of pyridine rings is 1. The van der Waals surface area contributed by atoms with Crippen LogP contribution < -0.4 is 25.1 Å². The molecule has 184 valence electrons. The van der Waals surface area contributed by atoms with E-state index >= 15 is 0 Å². The second-order valence-corrected chi connectivity index (χ2v) is 8.18. The minimum atomic E-state index is -0.387. The van der Waals surface area contributed by atoms with Gasteiger partial charge in [-0.3, -0.25) is 4.79 Å². The van der Waals surface area contributed by atoms with Crippen LogP contribution in [0, 0.1) is 0 Å². The van der Waals surface area contributed by atoms with Gasteiger partial charge in [0.15, 0.2) is 11.9 Å². The molecule has 6 nitrogen and oxygen atoms in total. The third kappa shape index (κ3) is 6.43. The quantitative estimate of drug-likeness (QED) is 0.229. The molecule has 4 rings (SSSR count). The lowest BCUT2D eigenvalue weighted by Gasteiger charge is -2.24.